The Balaban J connectivity index is 1.81. The molecule has 1 fully saturated rings. The minimum absolute atomic E-state index is 0.132. The number of carbonyl (C=O) groups excluding carboxylic acids is 3. The molecule has 0 saturated carbocycles. The van der Waals surface area contributed by atoms with E-state index in [1.54, 1.807) is 0 Å². The number of hydrogen-bond donors (Lipinski definition) is 5. The molecule has 202 valence electrons. The number of aliphatic hydroxyl groups excluding tert-OH is 2. The Morgan fingerprint density at radius 1 is 1.25 bits per heavy atom. The van der Waals surface area contributed by atoms with Gasteiger partial charge in [0.1, 0.15) is 24.1 Å². The molecule has 0 spiro atoms. The quantitative estimate of drug-likeness (QED) is 0.0764. The van der Waals surface area contributed by atoms with Gasteiger partial charge in [0.2, 0.25) is 11.8 Å². The number of aromatic nitrogens is 2. The highest BCUT2D eigenvalue weighted by Gasteiger charge is 2.44. The van der Waals surface area contributed by atoms with Crippen molar-refractivity contribution in [2.45, 2.75) is 50.2 Å². The van der Waals surface area contributed by atoms with Gasteiger partial charge in [0.15, 0.2) is 13.0 Å². The molecule has 1 saturated heterocycles. The lowest BCUT2D eigenvalue weighted by Gasteiger charge is -2.17. The van der Waals surface area contributed by atoms with Crippen LogP contribution >= 0.6 is 7.60 Å². The first-order chi connectivity index (χ1) is 16.9. The number of nitrogens with two attached hydrogens (primary N) is 1. The summed E-state index contributed by atoms with van der Waals surface area (Å²) < 4.78 is 32.0. The van der Waals surface area contributed by atoms with Gasteiger partial charge in [0, 0.05) is 25.7 Å². The number of primary amides is 1. The van der Waals surface area contributed by atoms with Gasteiger partial charge in [-0.25, -0.2) is 4.79 Å². The molecule has 1 aliphatic rings. The van der Waals surface area contributed by atoms with Crippen molar-refractivity contribution in [2.75, 3.05) is 32.0 Å². The SMILES string of the molecule is CP(=O)(O)OC[C@H]1O[C@@H](n2ccc(NC(=O)CCC(=O)OCOCCCC(N)=O)nc2=O)[C@H](O)C1O. The number of esters is 1. The predicted octanol–water partition coefficient (Wildman–Crippen LogP) is -1.80. The molecule has 1 aromatic heterocycles. The maximum absolute atomic E-state index is 12.4. The van der Waals surface area contributed by atoms with Crippen molar-refractivity contribution < 1.29 is 52.8 Å². The van der Waals surface area contributed by atoms with Crippen LogP contribution in [0.25, 0.3) is 0 Å². The van der Waals surface area contributed by atoms with Gasteiger partial charge >= 0.3 is 19.3 Å². The molecule has 16 nitrogen and oxygen atoms in total. The Morgan fingerprint density at radius 3 is 2.61 bits per heavy atom. The average Bonchev–Trinajstić information content (AvgIpc) is 3.06. The van der Waals surface area contributed by atoms with Crippen LogP contribution < -0.4 is 16.7 Å². The Kier molecular flexibility index (Phi) is 11.1. The van der Waals surface area contributed by atoms with Crippen molar-refractivity contribution in [3.8, 4) is 0 Å². The highest BCUT2D eigenvalue weighted by Crippen LogP contribution is 2.38. The van der Waals surface area contributed by atoms with E-state index in [-0.39, 0.29) is 38.5 Å². The fourth-order valence-corrected chi connectivity index (χ4v) is 3.42. The first-order valence-corrected chi connectivity index (χ1v) is 12.8. The molecule has 17 heteroatoms. The van der Waals surface area contributed by atoms with Crippen LogP contribution in [0.5, 0.6) is 0 Å². The summed E-state index contributed by atoms with van der Waals surface area (Å²) in [7, 11) is -3.85. The minimum Gasteiger partial charge on any atom is -0.438 e. The Hall–Kier alpha value is -2.72. The van der Waals surface area contributed by atoms with E-state index in [9.17, 15) is 38.8 Å². The second-order valence-corrected chi connectivity index (χ2v) is 9.67. The lowest BCUT2D eigenvalue weighted by atomic mass is 10.1. The number of carbonyl (C=O) groups is 3. The second kappa shape index (κ2) is 13.5. The maximum Gasteiger partial charge on any atom is 0.351 e. The van der Waals surface area contributed by atoms with E-state index in [1.807, 2.05) is 0 Å². The molecule has 2 amide bonds. The largest absolute Gasteiger partial charge is 0.438 e. The summed E-state index contributed by atoms with van der Waals surface area (Å²) in [6, 6.07) is 1.23. The van der Waals surface area contributed by atoms with Crippen LogP contribution in [0.1, 0.15) is 31.9 Å². The standard InChI is InChI=1S/C19H29N4O12P/c1-36(30,31)34-9-11-16(27)17(28)18(35-11)23-7-6-13(22-19(23)29)21-14(25)4-5-15(26)33-10-32-8-2-3-12(20)24/h6-7,11,16-18,27-28H,2-5,8-10H2,1H3,(H2,20,24)(H,30,31)(H,21,22,25,29)/t11-,16?,17-,18-/m1/s1. The number of aliphatic hydroxyl groups is 2. The van der Waals surface area contributed by atoms with E-state index >= 15 is 0 Å². The van der Waals surface area contributed by atoms with Crippen molar-refractivity contribution in [3.63, 3.8) is 0 Å². The van der Waals surface area contributed by atoms with Gasteiger partial charge < -0.3 is 44.9 Å². The Labute approximate surface area is 204 Å². The van der Waals surface area contributed by atoms with Crippen molar-refractivity contribution >= 4 is 31.2 Å². The van der Waals surface area contributed by atoms with Gasteiger partial charge in [-0.15, -0.1) is 0 Å². The third kappa shape index (κ3) is 9.73. The van der Waals surface area contributed by atoms with E-state index < -0.39 is 62.2 Å². The molecule has 2 heterocycles. The number of amides is 2. The van der Waals surface area contributed by atoms with Crippen LogP contribution in [-0.2, 0) is 37.7 Å². The number of nitrogens with one attached hydrogen (secondary N) is 1. The average molecular weight is 536 g/mol. The summed E-state index contributed by atoms with van der Waals surface area (Å²) in [6.45, 7) is 0.276. The molecule has 6 N–H and O–H groups in total. The summed E-state index contributed by atoms with van der Waals surface area (Å²) in [5.74, 6) is -1.93. The molecule has 0 radical (unpaired) electrons. The number of hydrogen-bond acceptors (Lipinski definition) is 12. The van der Waals surface area contributed by atoms with Gasteiger partial charge in [0.25, 0.3) is 0 Å². The molecular weight excluding hydrogens is 507 g/mol. The monoisotopic (exact) mass is 536 g/mol. The Bertz CT molecular complexity index is 1030. The van der Waals surface area contributed by atoms with E-state index in [1.165, 1.54) is 6.07 Å². The summed E-state index contributed by atoms with van der Waals surface area (Å²) in [4.78, 5) is 59.5. The van der Waals surface area contributed by atoms with E-state index in [0.29, 0.717) is 6.42 Å². The van der Waals surface area contributed by atoms with Crippen LogP contribution in [0.15, 0.2) is 17.1 Å². The fourth-order valence-electron chi connectivity index (χ4n) is 2.99. The zero-order chi connectivity index (χ0) is 26.9. The van der Waals surface area contributed by atoms with Crippen LogP contribution in [0.3, 0.4) is 0 Å². The normalized spacial score (nSPS) is 23.1. The van der Waals surface area contributed by atoms with Crippen LogP contribution in [0, 0.1) is 0 Å². The van der Waals surface area contributed by atoms with Crippen molar-refractivity contribution in [3.05, 3.63) is 22.7 Å². The maximum atomic E-state index is 12.4. The number of nitrogens with zero attached hydrogens (tertiary/aromatic N) is 2. The number of rotatable bonds is 14. The van der Waals surface area contributed by atoms with Gasteiger partial charge in [0.05, 0.1) is 19.6 Å². The van der Waals surface area contributed by atoms with Crippen molar-refractivity contribution in [2.24, 2.45) is 5.73 Å². The molecule has 0 bridgehead atoms. The fraction of sp³-hybridized carbons (Fsp3) is 0.632. The highest BCUT2D eigenvalue weighted by atomic mass is 31.2. The van der Waals surface area contributed by atoms with E-state index in [4.69, 9.17) is 24.5 Å². The summed E-state index contributed by atoms with van der Waals surface area (Å²) in [6.07, 6.45) is -4.46. The zero-order valence-electron chi connectivity index (χ0n) is 19.3. The second-order valence-electron chi connectivity index (χ2n) is 7.81. The third-order valence-electron chi connectivity index (χ3n) is 4.76. The molecule has 5 atom stereocenters. The molecule has 0 aromatic carbocycles. The third-order valence-corrected chi connectivity index (χ3v) is 5.39. The topological polar surface area (TPSA) is 239 Å². The number of ether oxygens (including phenoxy) is 3. The predicted molar refractivity (Wildman–Crippen MR) is 119 cm³/mol. The van der Waals surface area contributed by atoms with Gasteiger partial charge in [-0.05, 0) is 12.5 Å². The van der Waals surface area contributed by atoms with Gasteiger partial charge in [-0.2, -0.15) is 4.98 Å². The molecule has 1 aliphatic heterocycles. The van der Waals surface area contributed by atoms with Crippen LogP contribution in [-0.4, -0.2) is 87.4 Å². The van der Waals surface area contributed by atoms with Crippen LogP contribution in [0.2, 0.25) is 0 Å². The number of anilines is 1. The van der Waals surface area contributed by atoms with E-state index in [2.05, 4.69) is 10.3 Å². The lowest BCUT2D eigenvalue weighted by Crippen LogP contribution is -2.36. The summed E-state index contributed by atoms with van der Waals surface area (Å²) in [5, 5.41) is 22.6. The van der Waals surface area contributed by atoms with Crippen molar-refractivity contribution in [1.29, 1.82) is 0 Å². The Morgan fingerprint density at radius 2 is 1.97 bits per heavy atom. The summed E-state index contributed by atoms with van der Waals surface area (Å²) >= 11 is 0. The molecule has 2 unspecified atom stereocenters. The first-order valence-electron chi connectivity index (χ1n) is 10.7. The van der Waals surface area contributed by atoms with Crippen LogP contribution in [0.4, 0.5) is 5.82 Å². The lowest BCUT2D eigenvalue weighted by molar-refractivity contribution is -0.157. The van der Waals surface area contributed by atoms with Gasteiger partial charge in [-0.1, -0.05) is 0 Å². The van der Waals surface area contributed by atoms with E-state index in [0.717, 1.165) is 17.4 Å². The molecule has 1 aromatic rings. The smallest absolute Gasteiger partial charge is 0.351 e. The molecule has 2 rings (SSSR count). The van der Waals surface area contributed by atoms with Crippen molar-refractivity contribution in [1.82, 2.24) is 9.55 Å². The molecular formula is C19H29N4O12P. The van der Waals surface area contributed by atoms with Gasteiger partial charge in [-0.3, -0.25) is 23.5 Å². The molecule has 36 heavy (non-hydrogen) atoms. The highest BCUT2D eigenvalue weighted by molar-refractivity contribution is 7.51. The molecule has 0 aliphatic carbocycles. The zero-order valence-corrected chi connectivity index (χ0v) is 20.2. The summed E-state index contributed by atoms with van der Waals surface area (Å²) in [5.41, 5.74) is 4.05. The minimum atomic E-state index is -3.85. The first kappa shape index (κ1) is 29.5.